The van der Waals surface area contributed by atoms with E-state index in [2.05, 4.69) is 65.6 Å². The van der Waals surface area contributed by atoms with Gasteiger partial charge in [0.05, 0.1) is 18.7 Å². The van der Waals surface area contributed by atoms with Crippen LogP contribution in [0.2, 0.25) is 0 Å². The molecule has 45 heavy (non-hydrogen) atoms. The van der Waals surface area contributed by atoms with Gasteiger partial charge in [-0.3, -0.25) is 29.0 Å². The summed E-state index contributed by atoms with van der Waals surface area (Å²) in [6.07, 6.45) is 11.3. The standard InChI is InChI=1S/C16H16BrNO2S.C10H15NO2.C6H7BrS.CH4.HI.K/c1-2-3-4-5-6-18-15(19)11-7-10-8-14(17)21-13(10)9-12(11)16(18)20;1-2-3-4-5-8-11-9(12)6-7-10(11)13;1-4-3-6(7)8-5(4)2;;;/h7-9H,2-6H2,1H3;6-7H,2-5,8H2,1H3;3H,1-2H3;1H4;1H;/q;;;;;+1/p-1. The quantitative estimate of drug-likeness (QED) is 0.133. The summed E-state index contributed by atoms with van der Waals surface area (Å²) in [6.45, 7) is 9.64. The molecule has 1 aromatic carbocycles. The fourth-order valence-electron chi connectivity index (χ4n) is 4.57. The average Bonchev–Trinajstić information content (AvgIpc) is 3.64. The zero-order valence-corrected chi connectivity index (χ0v) is 36.1. The van der Waals surface area contributed by atoms with Gasteiger partial charge in [-0.1, -0.05) is 59.8 Å². The number of benzene rings is 1. The zero-order valence-electron chi connectivity index (χ0n) is 26.0. The number of carbonyl (C=O) groups excluding carboxylic acids is 4. The Balaban J connectivity index is 0.000000696. The number of rotatable bonds is 10. The first-order valence-electron chi connectivity index (χ1n) is 14.4. The molecule has 242 valence electrons. The van der Waals surface area contributed by atoms with E-state index in [9.17, 15) is 19.2 Å². The summed E-state index contributed by atoms with van der Waals surface area (Å²) >= 11 is 10.2. The molecule has 0 N–H and O–H groups in total. The SMILES string of the molecule is C.CCCCCCN1C(=O)C=CC1=O.CCCCCCN1C(=O)c2cc3cc(Br)sc3cc2C1=O.Cc1cc(Br)sc1C.[I-].[K+]. The van der Waals surface area contributed by atoms with Crippen molar-refractivity contribution in [3.05, 3.63) is 65.6 Å². The summed E-state index contributed by atoms with van der Waals surface area (Å²) in [6, 6.07) is 7.83. The van der Waals surface area contributed by atoms with E-state index in [1.165, 1.54) is 49.0 Å². The van der Waals surface area contributed by atoms with Gasteiger partial charge in [-0.2, -0.15) is 0 Å². The number of carbonyl (C=O) groups is 4. The molecule has 0 spiro atoms. The number of hydrogen-bond acceptors (Lipinski definition) is 6. The van der Waals surface area contributed by atoms with E-state index >= 15 is 0 Å². The van der Waals surface area contributed by atoms with Gasteiger partial charge in [-0.15, -0.1) is 22.7 Å². The Hall–Kier alpha value is 0.226. The van der Waals surface area contributed by atoms with Crippen LogP contribution in [0.5, 0.6) is 0 Å². The summed E-state index contributed by atoms with van der Waals surface area (Å²) in [5.41, 5.74) is 2.48. The van der Waals surface area contributed by atoms with E-state index in [0.717, 1.165) is 52.4 Å². The summed E-state index contributed by atoms with van der Waals surface area (Å²) in [5.74, 6) is -0.614. The number of halogens is 3. The van der Waals surface area contributed by atoms with Crippen molar-refractivity contribution < 1.29 is 94.5 Å². The first-order valence-corrected chi connectivity index (χ1v) is 17.6. The number of hydrogen-bond donors (Lipinski definition) is 0. The minimum absolute atomic E-state index is 0. The molecular formula is C33H42Br2IKN2O4S2. The Bertz CT molecular complexity index is 1380. The largest absolute Gasteiger partial charge is 1.00 e. The molecule has 2 aliphatic rings. The van der Waals surface area contributed by atoms with Crippen molar-refractivity contribution in [3.8, 4) is 0 Å². The van der Waals surface area contributed by atoms with Crippen LogP contribution in [0.15, 0.2) is 44.0 Å². The van der Waals surface area contributed by atoms with E-state index in [1.54, 1.807) is 22.7 Å². The third kappa shape index (κ3) is 13.2. The maximum atomic E-state index is 12.4. The third-order valence-electron chi connectivity index (χ3n) is 7.08. The maximum Gasteiger partial charge on any atom is 1.00 e. The van der Waals surface area contributed by atoms with Crippen LogP contribution in [0.4, 0.5) is 0 Å². The van der Waals surface area contributed by atoms with Gasteiger partial charge in [0.1, 0.15) is 0 Å². The van der Waals surface area contributed by atoms with E-state index < -0.39 is 0 Å². The van der Waals surface area contributed by atoms with E-state index in [-0.39, 0.29) is 106 Å². The summed E-state index contributed by atoms with van der Waals surface area (Å²) in [4.78, 5) is 51.1. The van der Waals surface area contributed by atoms with E-state index in [1.807, 2.05) is 18.2 Å². The number of amides is 4. The fraction of sp³-hybridized carbons (Fsp3) is 0.455. The van der Waals surface area contributed by atoms with Crippen LogP contribution in [0.25, 0.3) is 10.1 Å². The Morgan fingerprint density at radius 2 is 1.16 bits per heavy atom. The molecule has 6 nitrogen and oxygen atoms in total. The molecule has 5 rings (SSSR count). The van der Waals surface area contributed by atoms with Gasteiger partial charge in [-0.05, 0) is 93.8 Å². The van der Waals surface area contributed by atoms with Crippen molar-refractivity contribution in [3.63, 3.8) is 0 Å². The Morgan fingerprint density at radius 1 is 0.667 bits per heavy atom. The molecule has 0 atom stereocenters. The monoisotopic (exact) mass is 918 g/mol. The van der Waals surface area contributed by atoms with Crippen molar-refractivity contribution in [2.24, 2.45) is 0 Å². The van der Waals surface area contributed by atoms with Crippen LogP contribution in [-0.2, 0) is 9.59 Å². The van der Waals surface area contributed by atoms with Crippen LogP contribution < -0.4 is 75.4 Å². The number of fused-ring (bicyclic) bond motifs is 2. The first kappa shape index (κ1) is 45.2. The molecule has 0 saturated heterocycles. The van der Waals surface area contributed by atoms with Crippen molar-refractivity contribution in [2.45, 2.75) is 86.5 Å². The normalized spacial score (nSPS) is 13.0. The predicted octanol–water partition coefficient (Wildman–Crippen LogP) is 4.10. The molecule has 0 saturated carbocycles. The molecule has 2 aromatic heterocycles. The van der Waals surface area contributed by atoms with Crippen LogP contribution >= 0.6 is 54.5 Å². The summed E-state index contributed by atoms with van der Waals surface area (Å²) in [5, 5.41) is 1.01. The molecule has 2 aliphatic heterocycles. The van der Waals surface area contributed by atoms with Gasteiger partial charge in [0.15, 0.2) is 0 Å². The number of nitrogens with zero attached hydrogens (tertiary/aromatic N) is 2. The van der Waals surface area contributed by atoms with Crippen LogP contribution in [0, 0.1) is 13.8 Å². The molecule has 0 unspecified atom stereocenters. The van der Waals surface area contributed by atoms with Crippen molar-refractivity contribution in [1.29, 1.82) is 0 Å². The summed E-state index contributed by atoms with van der Waals surface area (Å²) in [7, 11) is 0. The predicted molar refractivity (Wildman–Crippen MR) is 187 cm³/mol. The fourth-order valence-corrected chi connectivity index (χ4v) is 7.97. The Labute approximate surface area is 352 Å². The second-order valence-electron chi connectivity index (χ2n) is 10.3. The third-order valence-corrected chi connectivity index (χ3v) is 10.3. The van der Waals surface area contributed by atoms with Gasteiger partial charge >= 0.3 is 51.4 Å². The van der Waals surface area contributed by atoms with Gasteiger partial charge in [0.25, 0.3) is 23.6 Å². The smallest absolute Gasteiger partial charge is 1.00 e. The van der Waals surface area contributed by atoms with Gasteiger partial charge in [0, 0.05) is 34.8 Å². The van der Waals surface area contributed by atoms with Crippen LogP contribution in [-0.4, -0.2) is 46.5 Å². The summed E-state index contributed by atoms with van der Waals surface area (Å²) < 4.78 is 3.28. The molecule has 0 aliphatic carbocycles. The van der Waals surface area contributed by atoms with E-state index in [0.29, 0.717) is 24.2 Å². The van der Waals surface area contributed by atoms with Crippen molar-refractivity contribution >= 4 is 88.2 Å². The Morgan fingerprint density at radius 3 is 1.60 bits per heavy atom. The number of thiophene rings is 2. The van der Waals surface area contributed by atoms with Crippen LogP contribution in [0.1, 0.15) is 104 Å². The average molecular weight is 921 g/mol. The molecule has 0 fully saturated rings. The zero-order chi connectivity index (χ0) is 30.8. The number of aryl methyl sites for hydroxylation is 2. The first-order chi connectivity index (χ1) is 20.1. The van der Waals surface area contributed by atoms with Gasteiger partial charge in [0.2, 0.25) is 0 Å². The molecule has 4 heterocycles. The number of imide groups is 2. The van der Waals surface area contributed by atoms with Gasteiger partial charge in [-0.25, -0.2) is 0 Å². The number of unbranched alkanes of at least 4 members (excludes halogenated alkanes) is 6. The van der Waals surface area contributed by atoms with Crippen LogP contribution in [0.3, 0.4) is 0 Å². The molecule has 12 heteroatoms. The topological polar surface area (TPSA) is 74.8 Å². The molecule has 4 amide bonds. The van der Waals surface area contributed by atoms with Crippen molar-refractivity contribution in [2.75, 3.05) is 13.1 Å². The molecule has 0 radical (unpaired) electrons. The van der Waals surface area contributed by atoms with Gasteiger partial charge < -0.3 is 24.0 Å². The second kappa shape index (κ2) is 22.8. The molecule has 0 bridgehead atoms. The van der Waals surface area contributed by atoms with Crippen molar-refractivity contribution in [1.82, 2.24) is 9.80 Å². The Kier molecular flexibility index (Phi) is 22.9. The molecular weight excluding hydrogens is 878 g/mol. The van der Waals surface area contributed by atoms with E-state index in [4.69, 9.17) is 0 Å². The minimum atomic E-state index is -0.165. The molecule has 3 aromatic rings. The second-order valence-corrected chi connectivity index (χ2v) is 15.4. The minimum Gasteiger partial charge on any atom is -1.00 e. The maximum absolute atomic E-state index is 12.4.